The number of benzene rings is 1. The van der Waals surface area contributed by atoms with Gasteiger partial charge in [-0.15, -0.1) is 0 Å². The van der Waals surface area contributed by atoms with E-state index in [2.05, 4.69) is 5.32 Å². The van der Waals surface area contributed by atoms with Gasteiger partial charge in [-0.05, 0) is 49.5 Å². The summed E-state index contributed by atoms with van der Waals surface area (Å²) in [6.45, 7) is 2.11. The SMILES string of the molecule is FC(F)Sc1ccc(C2CCNCC2)cc1. The van der Waals surface area contributed by atoms with Crippen LogP contribution in [0.3, 0.4) is 0 Å². The third-order valence-electron chi connectivity index (χ3n) is 2.92. The van der Waals surface area contributed by atoms with Gasteiger partial charge in [-0.2, -0.15) is 8.78 Å². The molecule has 0 spiro atoms. The lowest BCUT2D eigenvalue weighted by atomic mass is 9.90. The molecule has 1 aromatic carbocycles. The second-order valence-electron chi connectivity index (χ2n) is 3.97. The molecule has 0 atom stereocenters. The smallest absolute Gasteiger partial charge is 0.288 e. The molecule has 1 nitrogen and oxygen atoms in total. The highest BCUT2D eigenvalue weighted by Gasteiger charge is 2.15. The van der Waals surface area contributed by atoms with Gasteiger partial charge in [0.2, 0.25) is 0 Å². The van der Waals surface area contributed by atoms with Crippen molar-refractivity contribution in [2.24, 2.45) is 0 Å². The van der Waals surface area contributed by atoms with Crippen molar-refractivity contribution < 1.29 is 8.78 Å². The highest BCUT2D eigenvalue weighted by atomic mass is 32.2. The van der Waals surface area contributed by atoms with Crippen LogP contribution in [0.2, 0.25) is 0 Å². The summed E-state index contributed by atoms with van der Waals surface area (Å²) in [6, 6.07) is 7.57. The minimum Gasteiger partial charge on any atom is -0.317 e. The van der Waals surface area contributed by atoms with E-state index in [1.54, 1.807) is 12.1 Å². The standard InChI is InChI=1S/C12H15F2NS/c13-12(14)16-11-3-1-9(2-4-11)10-5-7-15-8-6-10/h1-4,10,12,15H,5-8H2. The summed E-state index contributed by atoms with van der Waals surface area (Å²) < 4.78 is 24.3. The Hall–Kier alpha value is -0.610. The molecular weight excluding hydrogens is 228 g/mol. The lowest BCUT2D eigenvalue weighted by molar-refractivity contribution is 0.252. The highest BCUT2D eigenvalue weighted by Crippen LogP contribution is 2.29. The van der Waals surface area contributed by atoms with Crippen molar-refractivity contribution in [1.29, 1.82) is 0 Å². The molecule has 16 heavy (non-hydrogen) atoms. The van der Waals surface area contributed by atoms with E-state index in [1.165, 1.54) is 5.56 Å². The maximum Gasteiger partial charge on any atom is 0.288 e. The van der Waals surface area contributed by atoms with E-state index in [0.29, 0.717) is 22.6 Å². The Balaban J connectivity index is 2.00. The van der Waals surface area contributed by atoms with Crippen LogP contribution < -0.4 is 5.32 Å². The van der Waals surface area contributed by atoms with Gasteiger partial charge in [0.15, 0.2) is 0 Å². The molecule has 1 aromatic rings. The number of alkyl halides is 2. The molecule has 1 aliphatic rings. The van der Waals surface area contributed by atoms with E-state index in [4.69, 9.17) is 0 Å². The Bertz CT molecular complexity index is 320. The van der Waals surface area contributed by atoms with Gasteiger partial charge in [-0.1, -0.05) is 23.9 Å². The molecule has 1 heterocycles. The quantitative estimate of drug-likeness (QED) is 0.816. The number of halogens is 2. The topological polar surface area (TPSA) is 12.0 Å². The van der Waals surface area contributed by atoms with Crippen molar-refractivity contribution in [3.63, 3.8) is 0 Å². The average molecular weight is 243 g/mol. The Morgan fingerprint density at radius 2 is 1.75 bits per heavy atom. The first-order valence-electron chi connectivity index (χ1n) is 5.51. The third kappa shape index (κ3) is 3.19. The summed E-state index contributed by atoms with van der Waals surface area (Å²) in [5.74, 6) is -1.74. The Morgan fingerprint density at radius 1 is 1.12 bits per heavy atom. The van der Waals surface area contributed by atoms with Gasteiger partial charge in [0, 0.05) is 4.90 Å². The summed E-state index contributed by atoms with van der Waals surface area (Å²) >= 11 is 0.608. The zero-order chi connectivity index (χ0) is 11.4. The zero-order valence-corrected chi connectivity index (χ0v) is 9.77. The van der Waals surface area contributed by atoms with Crippen LogP contribution in [0, 0.1) is 0 Å². The first-order chi connectivity index (χ1) is 7.75. The van der Waals surface area contributed by atoms with E-state index >= 15 is 0 Å². The molecule has 1 saturated heterocycles. The highest BCUT2D eigenvalue weighted by molar-refractivity contribution is 7.99. The number of hydrogen-bond donors (Lipinski definition) is 1. The molecule has 0 amide bonds. The van der Waals surface area contributed by atoms with Crippen LogP contribution in [0.15, 0.2) is 29.2 Å². The second-order valence-corrected chi connectivity index (χ2v) is 5.04. The third-order valence-corrected chi connectivity index (χ3v) is 3.64. The van der Waals surface area contributed by atoms with E-state index in [-0.39, 0.29) is 0 Å². The second kappa shape index (κ2) is 5.64. The first kappa shape index (κ1) is 11.9. The monoisotopic (exact) mass is 243 g/mol. The average Bonchev–Trinajstić information content (AvgIpc) is 2.30. The number of hydrogen-bond acceptors (Lipinski definition) is 2. The van der Waals surface area contributed by atoms with Gasteiger partial charge >= 0.3 is 0 Å². The summed E-state index contributed by atoms with van der Waals surface area (Å²) in [4.78, 5) is 0.646. The van der Waals surface area contributed by atoms with Crippen molar-refractivity contribution in [3.05, 3.63) is 29.8 Å². The number of thioether (sulfide) groups is 1. The van der Waals surface area contributed by atoms with Crippen LogP contribution in [0.5, 0.6) is 0 Å². The molecule has 1 fully saturated rings. The van der Waals surface area contributed by atoms with Crippen molar-refractivity contribution >= 4 is 11.8 Å². The molecular formula is C12H15F2NS. The van der Waals surface area contributed by atoms with Crippen LogP contribution in [-0.2, 0) is 0 Å². The van der Waals surface area contributed by atoms with Crippen LogP contribution in [-0.4, -0.2) is 18.8 Å². The number of piperidine rings is 1. The zero-order valence-electron chi connectivity index (χ0n) is 8.96. The lowest BCUT2D eigenvalue weighted by Gasteiger charge is -2.23. The molecule has 0 aromatic heterocycles. The van der Waals surface area contributed by atoms with Gasteiger partial charge in [-0.3, -0.25) is 0 Å². The van der Waals surface area contributed by atoms with E-state index in [1.807, 2.05) is 12.1 Å². The fourth-order valence-electron chi connectivity index (χ4n) is 2.08. The first-order valence-corrected chi connectivity index (χ1v) is 6.39. The van der Waals surface area contributed by atoms with Gasteiger partial charge < -0.3 is 5.32 Å². The number of rotatable bonds is 3. The summed E-state index contributed by atoms with van der Waals surface area (Å²) in [5.41, 5.74) is 1.28. The van der Waals surface area contributed by atoms with Gasteiger partial charge in [0.05, 0.1) is 0 Å². The Morgan fingerprint density at radius 3 is 2.31 bits per heavy atom. The van der Waals surface area contributed by atoms with Gasteiger partial charge in [0.25, 0.3) is 5.76 Å². The Labute approximate surface area is 98.6 Å². The maximum absolute atomic E-state index is 12.1. The minimum atomic E-state index is -2.33. The molecule has 0 bridgehead atoms. The molecule has 2 rings (SSSR count). The summed E-state index contributed by atoms with van der Waals surface area (Å²) in [5, 5.41) is 3.32. The van der Waals surface area contributed by atoms with Crippen LogP contribution in [0.1, 0.15) is 24.3 Å². The van der Waals surface area contributed by atoms with Crippen LogP contribution in [0.25, 0.3) is 0 Å². The maximum atomic E-state index is 12.1. The Kier molecular flexibility index (Phi) is 4.18. The minimum absolute atomic E-state index is 0.590. The summed E-state index contributed by atoms with van der Waals surface area (Å²) in [7, 11) is 0. The van der Waals surface area contributed by atoms with E-state index < -0.39 is 5.76 Å². The predicted octanol–water partition coefficient (Wildman–Crippen LogP) is 3.47. The van der Waals surface area contributed by atoms with Crippen LogP contribution >= 0.6 is 11.8 Å². The fraction of sp³-hybridized carbons (Fsp3) is 0.500. The molecule has 4 heteroatoms. The van der Waals surface area contributed by atoms with Gasteiger partial charge in [0.1, 0.15) is 0 Å². The molecule has 0 unspecified atom stereocenters. The normalized spacial score (nSPS) is 17.9. The molecule has 0 saturated carbocycles. The van der Waals surface area contributed by atoms with Crippen LogP contribution in [0.4, 0.5) is 8.78 Å². The van der Waals surface area contributed by atoms with Crippen molar-refractivity contribution in [2.75, 3.05) is 13.1 Å². The fourth-order valence-corrected chi connectivity index (χ4v) is 2.58. The molecule has 1 aliphatic heterocycles. The molecule has 0 aliphatic carbocycles. The van der Waals surface area contributed by atoms with Crippen molar-refractivity contribution in [3.8, 4) is 0 Å². The lowest BCUT2D eigenvalue weighted by Crippen LogP contribution is -2.26. The van der Waals surface area contributed by atoms with E-state index in [9.17, 15) is 8.78 Å². The largest absolute Gasteiger partial charge is 0.317 e. The molecule has 88 valence electrons. The number of nitrogens with one attached hydrogen (secondary N) is 1. The van der Waals surface area contributed by atoms with Gasteiger partial charge in [-0.25, -0.2) is 0 Å². The predicted molar refractivity (Wildman–Crippen MR) is 63.1 cm³/mol. The summed E-state index contributed by atoms with van der Waals surface area (Å²) in [6.07, 6.45) is 2.28. The molecule has 0 radical (unpaired) electrons. The van der Waals surface area contributed by atoms with Crippen molar-refractivity contribution in [1.82, 2.24) is 5.32 Å². The van der Waals surface area contributed by atoms with Crippen molar-refractivity contribution in [2.45, 2.75) is 29.4 Å². The molecule has 1 N–H and O–H groups in total. The van der Waals surface area contributed by atoms with E-state index in [0.717, 1.165) is 25.9 Å².